The lowest BCUT2D eigenvalue weighted by atomic mass is 10.0. The molecule has 0 bridgehead atoms. The zero-order valence-corrected chi connectivity index (χ0v) is 18.1. The first kappa shape index (κ1) is 21.0. The quantitative estimate of drug-likeness (QED) is 0.269. The van der Waals surface area contributed by atoms with Crippen molar-refractivity contribution < 1.29 is 14.6 Å². The van der Waals surface area contributed by atoms with E-state index in [-0.39, 0.29) is 4.91 Å². The number of aromatic nitrogens is 3. The largest absolute Gasteiger partial charge is 0.493 e. The number of aromatic amines is 1. The number of fused-ring (bicyclic) bond motifs is 1. The minimum absolute atomic E-state index is 0.107. The van der Waals surface area contributed by atoms with Gasteiger partial charge in [0.05, 0.1) is 6.61 Å². The maximum Gasteiger partial charge on any atom is 0.342 e. The number of carboxylic acids is 1. The molecular weight excluding hydrogens is 434 g/mol. The van der Waals surface area contributed by atoms with Crippen molar-refractivity contribution in [1.29, 1.82) is 0 Å². The van der Waals surface area contributed by atoms with E-state index in [9.17, 15) is 9.90 Å². The van der Waals surface area contributed by atoms with Gasteiger partial charge in [-0.3, -0.25) is 5.10 Å². The first-order valence-electron chi connectivity index (χ1n) is 9.51. The number of nitrogens with zero attached hydrogens (tertiary/aromatic N) is 2. The van der Waals surface area contributed by atoms with Crippen molar-refractivity contribution in [3.8, 4) is 17.1 Å². The van der Waals surface area contributed by atoms with E-state index >= 15 is 0 Å². The van der Waals surface area contributed by atoms with Gasteiger partial charge in [-0.2, -0.15) is 0 Å². The molecule has 6 nitrogen and oxygen atoms in total. The fourth-order valence-corrected chi connectivity index (χ4v) is 3.93. The number of ether oxygens (including phenoxy) is 1. The molecule has 0 fully saturated rings. The van der Waals surface area contributed by atoms with Gasteiger partial charge in [0.15, 0.2) is 5.82 Å². The second kappa shape index (κ2) is 9.24. The standard InChI is InChI=1S/C23H18ClN3O3S/c1-2-30-19-12-9-15(17-5-3-4-6-18(17)19)13-20(22(28)29)31-23-25-21(26-27-23)14-7-10-16(24)11-8-14/h3-13H,2H2,1H3,(H,28,29)(H,25,26,27)/b20-13-. The molecule has 0 saturated carbocycles. The van der Waals surface area contributed by atoms with Crippen LogP contribution in [-0.2, 0) is 4.79 Å². The van der Waals surface area contributed by atoms with Gasteiger partial charge in [0.1, 0.15) is 10.7 Å². The maximum atomic E-state index is 11.9. The molecule has 0 atom stereocenters. The van der Waals surface area contributed by atoms with Gasteiger partial charge in [-0.1, -0.05) is 41.9 Å². The van der Waals surface area contributed by atoms with Gasteiger partial charge in [-0.05, 0) is 66.0 Å². The topological polar surface area (TPSA) is 88.1 Å². The normalized spacial score (nSPS) is 11.6. The minimum atomic E-state index is -1.05. The lowest BCUT2D eigenvalue weighted by molar-refractivity contribution is -0.131. The molecule has 0 unspecified atom stereocenters. The number of carbonyl (C=O) groups is 1. The van der Waals surface area contributed by atoms with Crippen molar-refractivity contribution in [2.75, 3.05) is 6.61 Å². The summed E-state index contributed by atoms with van der Waals surface area (Å²) in [4.78, 5) is 16.4. The van der Waals surface area contributed by atoms with Crippen LogP contribution in [0.25, 0.3) is 28.2 Å². The third-order valence-electron chi connectivity index (χ3n) is 4.50. The fourth-order valence-electron chi connectivity index (χ4n) is 3.11. The van der Waals surface area contributed by atoms with E-state index in [1.807, 2.05) is 55.5 Å². The molecular formula is C23H18ClN3O3S. The van der Waals surface area contributed by atoms with E-state index in [4.69, 9.17) is 16.3 Å². The van der Waals surface area contributed by atoms with Crippen LogP contribution in [-0.4, -0.2) is 32.9 Å². The zero-order chi connectivity index (χ0) is 21.8. The van der Waals surface area contributed by atoms with Crippen LogP contribution >= 0.6 is 23.4 Å². The van der Waals surface area contributed by atoms with Gasteiger partial charge in [-0.15, -0.1) is 5.10 Å². The Bertz CT molecular complexity index is 1270. The van der Waals surface area contributed by atoms with Crippen LogP contribution in [0.15, 0.2) is 70.7 Å². The predicted octanol–water partition coefficient (Wildman–Crippen LogP) is 5.89. The molecule has 0 amide bonds. The number of hydrogen-bond acceptors (Lipinski definition) is 5. The van der Waals surface area contributed by atoms with Gasteiger partial charge in [0.25, 0.3) is 0 Å². The van der Waals surface area contributed by atoms with Crippen molar-refractivity contribution >= 4 is 46.2 Å². The molecule has 0 saturated heterocycles. The second-order valence-corrected chi connectivity index (χ2v) is 7.97. The summed E-state index contributed by atoms with van der Waals surface area (Å²) >= 11 is 6.91. The summed E-state index contributed by atoms with van der Waals surface area (Å²) in [7, 11) is 0. The van der Waals surface area contributed by atoms with Crippen LogP contribution in [0, 0.1) is 0 Å². The van der Waals surface area contributed by atoms with Gasteiger partial charge in [0.2, 0.25) is 5.16 Å². The van der Waals surface area contributed by atoms with E-state index in [1.54, 1.807) is 18.2 Å². The van der Waals surface area contributed by atoms with Crippen molar-refractivity contribution in [2.45, 2.75) is 12.1 Å². The number of halogens is 1. The molecule has 0 aliphatic heterocycles. The minimum Gasteiger partial charge on any atom is -0.493 e. The molecule has 3 aromatic carbocycles. The number of H-pyrrole nitrogens is 1. The summed E-state index contributed by atoms with van der Waals surface area (Å²) in [6.45, 7) is 2.48. The highest BCUT2D eigenvalue weighted by Crippen LogP contribution is 2.33. The Kier molecular flexibility index (Phi) is 6.25. The van der Waals surface area contributed by atoms with Gasteiger partial charge < -0.3 is 9.84 Å². The Morgan fingerprint density at radius 1 is 1.13 bits per heavy atom. The average molecular weight is 452 g/mol. The van der Waals surface area contributed by atoms with Crippen LogP contribution in [0.4, 0.5) is 0 Å². The fraction of sp³-hybridized carbons (Fsp3) is 0.0870. The zero-order valence-electron chi connectivity index (χ0n) is 16.5. The highest BCUT2D eigenvalue weighted by atomic mass is 35.5. The van der Waals surface area contributed by atoms with Crippen LogP contribution in [0.1, 0.15) is 12.5 Å². The predicted molar refractivity (Wildman–Crippen MR) is 123 cm³/mol. The smallest absolute Gasteiger partial charge is 0.342 e. The molecule has 2 N–H and O–H groups in total. The molecule has 1 aromatic heterocycles. The summed E-state index contributed by atoms with van der Waals surface area (Å²) in [6, 6.07) is 18.6. The monoisotopic (exact) mass is 451 g/mol. The molecule has 0 aliphatic rings. The number of nitrogens with one attached hydrogen (secondary N) is 1. The third-order valence-corrected chi connectivity index (χ3v) is 5.63. The molecule has 1 heterocycles. The number of thioether (sulfide) groups is 1. The Morgan fingerprint density at radius 2 is 1.87 bits per heavy atom. The summed E-state index contributed by atoms with van der Waals surface area (Å²) in [6.07, 6.45) is 1.63. The first-order valence-corrected chi connectivity index (χ1v) is 10.7. The van der Waals surface area contributed by atoms with E-state index < -0.39 is 5.97 Å². The Hall–Kier alpha value is -3.29. The second-order valence-electron chi connectivity index (χ2n) is 6.52. The molecule has 8 heteroatoms. The van der Waals surface area contributed by atoms with E-state index in [1.165, 1.54) is 0 Å². The van der Waals surface area contributed by atoms with E-state index in [2.05, 4.69) is 15.2 Å². The molecule has 156 valence electrons. The molecule has 4 rings (SSSR count). The summed E-state index contributed by atoms with van der Waals surface area (Å²) < 4.78 is 5.70. The number of hydrogen-bond donors (Lipinski definition) is 2. The van der Waals surface area contributed by atoms with Crippen molar-refractivity contribution in [3.05, 3.63) is 76.2 Å². The summed E-state index contributed by atoms with van der Waals surface area (Å²) in [5.74, 6) is 0.248. The van der Waals surface area contributed by atoms with Crippen LogP contribution in [0.2, 0.25) is 5.02 Å². The number of aliphatic carboxylic acids is 1. The van der Waals surface area contributed by atoms with Crippen molar-refractivity contribution in [2.24, 2.45) is 0 Å². The molecule has 0 radical (unpaired) electrons. The number of benzene rings is 3. The highest BCUT2D eigenvalue weighted by molar-refractivity contribution is 8.04. The Balaban J connectivity index is 1.67. The summed E-state index contributed by atoms with van der Waals surface area (Å²) in [5.41, 5.74) is 1.58. The number of rotatable bonds is 7. The average Bonchev–Trinajstić information content (AvgIpc) is 3.24. The lowest BCUT2D eigenvalue weighted by Crippen LogP contribution is -1.98. The van der Waals surface area contributed by atoms with Crippen LogP contribution in [0.5, 0.6) is 5.75 Å². The van der Waals surface area contributed by atoms with Crippen molar-refractivity contribution in [3.63, 3.8) is 0 Å². The molecule has 0 spiro atoms. The van der Waals surface area contributed by atoms with Gasteiger partial charge in [-0.25, -0.2) is 9.78 Å². The SMILES string of the molecule is CCOc1ccc(/C=C(\Sc2n[nH]c(-c3ccc(Cl)cc3)n2)C(=O)O)c2ccccc12. The van der Waals surface area contributed by atoms with Gasteiger partial charge in [0, 0.05) is 16.0 Å². The first-order chi connectivity index (χ1) is 15.0. The Labute approximate surface area is 187 Å². The van der Waals surface area contributed by atoms with Crippen LogP contribution < -0.4 is 4.74 Å². The van der Waals surface area contributed by atoms with E-state index in [0.717, 1.165) is 39.4 Å². The van der Waals surface area contributed by atoms with Gasteiger partial charge >= 0.3 is 5.97 Å². The van der Waals surface area contributed by atoms with Crippen molar-refractivity contribution in [1.82, 2.24) is 15.2 Å². The Morgan fingerprint density at radius 3 is 2.58 bits per heavy atom. The van der Waals surface area contributed by atoms with Crippen LogP contribution in [0.3, 0.4) is 0 Å². The van der Waals surface area contributed by atoms with E-state index in [0.29, 0.717) is 22.6 Å². The third kappa shape index (κ3) is 4.73. The summed E-state index contributed by atoms with van der Waals surface area (Å²) in [5, 5.41) is 19.5. The maximum absolute atomic E-state index is 11.9. The molecule has 0 aliphatic carbocycles. The molecule has 4 aromatic rings. The number of carboxylic acid groups (broad SMARTS) is 1. The highest BCUT2D eigenvalue weighted by Gasteiger charge is 2.15. The lowest BCUT2D eigenvalue weighted by Gasteiger charge is -2.10. The molecule has 31 heavy (non-hydrogen) atoms.